The van der Waals surface area contributed by atoms with Crippen molar-refractivity contribution in [3.05, 3.63) is 34.9 Å². The van der Waals surface area contributed by atoms with Gasteiger partial charge in [-0.15, -0.1) is 0 Å². The van der Waals surface area contributed by atoms with E-state index in [1.165, 1.54) is 0 Å². The number of alkyl halides is 1. The van der Waals surface area contributed by atoms with Gasteiger partial charge < -0.3 is 5.32 Å². The first-order valence-electron chi connectivity index (χ1n) is 5.93. The number of aryl methyl sites for hydroxylation is 1. The molecule has 0 saturated carbocycles. The fraction of sp³-hybridized carbons (Fsp3) is 0.500. The van der Waals surface area contributed by atoms with Crippen LogP contribution >= 0.6 is 15.9 Å². The molecule has 0 radical (unpaired) electrons. The maximum Gasteiger partial charge on any atom is 0.251 e. The normalized spacial score (nSPS) is 14.2. The second kappa shape index (κ2) is 6.20. The van der Waals surface area contributed by atoms with E-state index in [1.54, 1.807) is 0 Å². The van der Waals surface area contributed by atoms with Crippen LogP contribution in [0.1, 0.15) is 41.8 Å². The van der Waals surface area contributed by atoms with E-state index in [1.807, 2.05) is 39.0 Å². The van der Waals surface area contributed by atoms with Gasteiger partial charge in [0.05, 0.1) is 0 Å². The Hall–Kier alpha value is -0.830. The smallest absolute Gasteiger partial charge is 0.251 e. The van der Waals surface area contributed by atoms with Gasteiger partial charge in [-0.2, -0.15) is 0 Å². The van der Waals surface area contributed by atoms with Gasteiger partial charge in [-0.05, 0) is 44.4 Å². The summed E-state index contributed by atoms with van der Waals surface area (Å²) < 4.78 is 0. The van der Waals surface area contributed by atoms with E-state index in [0.717, 1.165) is 23.1 Å². The number of hydrogen-bond acceptors (Lipinski definition) is 1. The first-order chi connectivity index (χ1) is 7.91. The summed E-state index contributed by atoms with van der Waals surface area (Å²) >= 11 is 3.50. The van der Waals surface area contributed by atoms with Crippen molar-refractivity contribution in [3.63, 3.8) is 0 Å². The summed E-state index contributed by atoms with van der Waals surface area (Å²) in [6, 6.07) is 6.00. The molecule has 2 unspecified atom stereocenters. The lowest BCUT2D eigenvalue weighted by Crippen LogP contribution is -2.34. The first-order valence-corrected chi connectivity index (χ1v) is 6.84. The van der Waals surface area contributed by atoms with Crippen molar-refractivity contribution in [1.29, 1.82) is 0 Å². The number of carbonyl (C=O) groups excluding carboxylic acids is 1. The van der Waals surface area contributed by atoms with Gasteiger partial charge in [0.1, 0.15) is 0 Å². The Bertz CT molecular complexity index is 401. The number of benzene rings is 1. The van der Waals surface area contributed by atoms with E-state index in [2.05, 4.69) is 28.2 Å². The lowest BCUT2D eigenvalue weighted by molar-refractivity contribution is 0.0938. The van der Waals surface area contributed by atoms with Crippen LogP contribution in [0.15, 0.2) is 18.2 Å². The zero-order valence-corrected chi connectivity index (χ0v) is 12.5. The highest BCUT2D eigenvalue weighted by atomic mass is 79.9. The van der Waals surface area contributed by atoms with Crippen LogP contribution in [0.5, 0.6) is 0 Å². The quantitative estimate of drug-likeness (QED) is 0.846. The van der Waals surface area contributed by atoms with E-state index >= 15 is 0 Å². The molecule has 0 aliphatic heterocycles. The lowest BCUT2D eigenvalue weighted by Gasteiger charge is -2.16. The zero-order valence-electron chi connectivity index (χ0n) is 10.9. The molecule has 1 rings (SSSR count). The summed E-state index contributed by atoms with van der Waals surface area (Å²) in [5.74, 6) is 0.0202. The maximum atomic E-state index is 12.1. The number of halogens is 1. The molecule has 1 aromatic carbocycles. The van der Waals surface area contributed by atoms with Gasteiger partial charge in [0.25, 0.3) is 5.91 Å². The third kappa shape index (κ3) is 4.15. The summed E-state index contributed by atoms with van der Waals surface area (Å²) in [7, 11) is 0. The molecule has 2 nitrogen and oxygen atoms in total. The molecule has 2 atom stereocenters. The highest BCUT2D eigenvalue weighted by Crippen LogP contribution is 2.13. The summed E-state index contributed by atoms with van der Waals surface area (Å²) in [6.07, 6.45) is 0.927. The Morgan fingerprint density at radius 3 is 2.59 bits per heavy atom. The molecule has 0 saturated heterocycles. The Balaban J connectivity index is 2.73. The van der Waals surface area contributed by atoms with Crippen molar-refractivity contribution in [3.8, 4) is 0 Å². The standard InChI is InChI=1S/C14H20BrNO/c1-9-6-5-7-13(12(9)4)14(17)16-11(3)8-10(2)15/h5-7,10-11H,8H2,1-4H3,(H,16,17). The topological polar surface area (TPSA) is 29.1 Å². The number of hydrogen-bond donors (Lipinski definition) is 1. The zero-order chi connectivity index (χ0) is 13.0. The van der Waals surface area contributed by atoms with Gasteiger partial charge in [0.15, 0.2) is 0 Å². The summed E-state index contributed by atoms with van der Waals surface area (Å²) in [6.45, 7) is 8.12. The highest BCUT2D eigenvalue weighted by molar-refractivity contribution is 9.09. The average Bonchev–Trinajstić information content (AvgIpc) is 2.20. The molecule has 0 aliphatic carbocycles. The summed E-state index contributed by atoms with van der Waals surface area (Å²) in [4.78, 5) is 12.5. The molecule has 1 N–H and O–H groups in total. The van der Waals surface area contributed by atoms with Crippen LogP contribution in [0, 0.1) is 13.8 Å². The van der Waals surface area contributed by atoms with Crippen molar-refractivity contribution in [2.45, 2.75) is 45.0 Å². The fourth-order valence-corrected chi connectivity index (χ4v) is 2.41. The van der Waals surface area contributed by atoms with Crippen LogP contribution < -0.4 is 5.32 Å². The van der Waals surface area contributed by atoms with E-state index in [0.29, 0.717) is 4.83 Å². The average molecular weight is 298 g/mol. The van der Waals surface area contributed by atoms with Crippen LogP contribution in [0.3, 0.4) is 0 Å². The van der Waals surface area contributed by atoms with E-state index in [9.17, 15) is 4.79 Å². The van der Waals surface area contributed by atoms with Gasteiger partial charge in [0.2, 0.25) is 0 Å². The second-order valence-corrected chi connectivity index (χ2v) is 6.20. The van der Waals surface area contributed by atoms with Gasteiger partial charge in [-0.3, -0.25) is 4.79 Å². The molecule has 0 aromatic heterocycles. The molecule has 0 bridgehead atoms. The minimum Gasteiger partial charge on any atom is -0.350 e. The summed E-state index contributed by atoms with van der Waals surface area (Å²) in [5.41, 5.74) is 2.99. The van der Waals surface area contributed by atoms with Crippen LogP contribution in [0.25, 0.3) is 0 Å². The molecule has 0 heterocycles. The Morgan fingerprint density at radius 1 is 1.35 bits per heavy atom. The number of amides is 1. The van der Waals surface area contributed by atoms with E-state index < -0.39 is 0 Å². The minimum absolute atomic E-state index is 0.0202. The van der Waals surface area contributed by atoms with Crippen LogP contribution in [-0.4, -0.2) is 16.8 Å². The molecule has 1 amide bonds. The molecule has 0 fully saturated rings. The van der Waals surface area contributed by atoms with Crippen LogP contribution in [-0.2, 0) is 0 Å². The van der Waals surface area contributed by atoms with Gasteiger partial charge in [-0.25, -0.2) is 0 Å². The molecule has 94 valence electrons. The molecule has 17 heavy (non-hydrogen) atoms. The second-order valence-electron chi connectivity index (χ2n) is 4.64. The Morgan fingerprint density at radius 2 is 2.00 bits per heavy atom. The van der Waals surface area contributed by atoms with E-state index in [4.69, 9.17) is 0 Å². The van der Waals surface area contributed by atoms with Crippen LogP contribution in [0.2, 0.25) is 0 Å². The number of nitrogens with one attached hydrogen (secondary N) is 1. The molecular weight excluding hydrogens is 278 g/mol. The van der Waals surface area contributed by atoms with Gasteiger partial charge in [0, 0.05) is 16.4 Å². The monoisotopic (exact) mass is 297 g/mol. The highest BCUT2D eigenvalue weighted by Gasteiger charge is 2.13. The van der Waals surface area contributed by atoms with Crippen molar-refractivity contribution in [1.82, 2.24) is 5.32 Å². The SMILES string of the molecule is Cc1cccc(C(=O)NC(C)CC(C)Br)c1C. The predicted molar refractivity (Wildman–Crippen MR) is 75.9 cm³/mol. The molecular formula is C14H20BrNO. The Labute approximate surface area is 112 Å². The van der Waals surface area contributed by atoms with Gasteiger partial charge in [-0.1, -0.05) is 35.0 Å². The predicted octanol–water partition coefficient (Wildman–Crippen LogP) is 3.60. The third-order valence-corrected chi connectivity index (χ3v) is 3.28. The first kappa shape index (κ1) is 14.2. The third-order valence-electron chi connectivity index (χ3n) is 2.91. The lowest BCUT2D eigenvalue weighted by atomic mass is 10.0. The Kier molecular flexibility index (Phi) is 5.19. The molecule has 0 aliphatic rings. The van der Waals surface area contributed by atoms with Gasteiger partial charge >= 0.3 is 0 Å². The van der Waals surface area contributed by atoms with Crippen LogP contribution in [0.4, 0.5) is 0 Å². The van der Waals surface area contributed by atoms with E-state index in [-0.39, 0.29) is 11.9 Å². The van der Waals surface area contributed by atoms with Crippen molar-refractivity contribution in [2.75, 3.05) is 0 Å². The molecule has 0 spiro atoms. The largest absolute Gasteiger partial charge is 0.350 e. The fourth-order valence-electron chi connectivity index (χ4n) is 1.84. The minimum atomic E-state index is 0.0202. The molecule has 3 heteroatoms. The number of rotatable bonds is 4. The van der Waals surface area contributed by atoms with Crippen molar-refractivity contribution < 1.29 is 4.79 Å². The van der Waals surface area contributed by atoms with Crippen molar-refractivity contribution >= 4 is 21.8 Å². The number of carbonyl (C=O) groups is 1. The maximum absolute atomic E-state index is 12.1. The van der Waals surface area contributed by atoms with Crippen molar-refractivity contribution in [2.24, 2.45) is 0 Å². The summed E-state index contributed by atoms with van der Waals surface area (Å²) in [5, 5.41) is 3.03. The molecule has 1 aromatic rings.